The van der Waals surface area contributed by atoms with Gasteiger partial charge in [0.1, 0.15) is 0 Å². The van der Waals surface area contributed by atoms with E-state index in [1.54, 1.807) is 0 Å². The number of ether oxygens (including phenoxy) is 2. The monoisotopic (exact) mass is 245 g/mol. The third-order valence-electron chi connectivity index (χ3n) is 2.41. The summed E-state index contributed by atoms with van der Waals surface area (Å²) in [5, 5.41) is 3.41. The zero-order valence-electron chi connectivity index (χ0n) is 12.3. The van der Waals surface area contributed by atoms with Crippen LogP contribution in [0.15, 0.2) is 0 Å². The molecule has 0 fully saturated rings. The molecule has 17 heavy (non-hydrogen) atoms. The zero-order chi connectivity index (χ0) is 13.1. The van der Waals surface area contributed by atoms with Gasteiger partial charge in [-0.25, -0.2) is 0 Å². The summed E-state index contributed by atoms with van der Waals surface area (Å²) in [7, 11) is 0. The van der Waals surface area contributed by atoms with Crippen LogP contribution in [0.4, 0.5) is 0 Å². The molecule has 0 aliphatic heterocycles. The summed E-state index contributed by atoms with van der Waals surface area (Å²) in [5.41, 5.74) is 0. The maximum atomic E-state index is 5.64. The molecule has 0 bridgehead atoms. The Bertz CT molecular complexity index is 160. The van der Waals surface area contributed by atoms with Crippen LogP contribution in [-0.4, -0.2) is 39.0 Å². The summed E-state index contributed by atoms with van der Waals surface area (Å²) in [4.78, 5) is 0. The lowest BCUT2D eigenvalue weighted by atomic mass is 10.1. The number of rotatable bonds is 11. The molecule has 0 aromatic carbocycles. The molecule has 0 saturated carbocycles. The van der Waals surface area contributed by atoms with Crippen molar-refractivity contribution in [2.75, 3.05) is 32.9 Å². The molecule has 0 heterocycles. The quantitative estimate of drug-likeness (QED) is 0.568. The van der Waals surface area contributed by atoms with E-state index < -0.39 is 0 Å². The highest BCUT2D eigenvalue weighted by molar-refractivity contribution is 4.56. The van der Waals surface area contributed by atoms with E-state index in [0.717, 1.165) is 25.6 Å². The van der Waals surface area contributed by atoms with E-state index >= 15 is 0 Å². The van der Waals surface area contributed by atoms with Gasteiger partial charge in [0.25, 0.3) is 0 Å². The highest BCUT2D eigenvalue weighted by Gasteiger charge is 2.02. The van der Waals surface area contributed by atoms with Gasteiger partial charge in [-0.05, 0) is 31.7 Å². The molecular formula is C14H31NO2. The first-order chi connectivity index (χ1) is 8.02. The Morgan fingerprint density at radius 1 is 0.941 bits per heavy atom. The summed E-state index contributed by atoms with van der Waals surface area (Å²) in [6.07, 6.45) is 1.49. The van der Waals surface area contributed by atoms with Crippen LogP contribution in [0.2, 0.25) is 0 Å². The van der Waals surface area contributed by atoms with Crippen molar-refractivity contribution in [3.8, 4) is 0 Å². The molecule has 0 aromatic heterocycles. The summed E-state index contributed by atoms with van der Waals surface area (Å²) in [6, 6.07) is 0. The van der Waals surface area contributed by atoms with Gasteiger partial charge in [-0.15, -0.1) is 0 Å². The fourth-order valence-electron chi connectivity index (χ4n) is 1.38. The van der Waals surface area contributed by atoms with Gasteiger partial charge < -0.3 is 14.8 Å². The standard InChI is InChI=1S/C14H31NO2/c1-12(2)6-7-15-10-14(5)17-9-8-16-11-13(3)4/h12-15H,6-11H2,1-5H3. The highest BCUT2D eigenvalue weighted by atomic mass is 16.5. The average molecular weight is 245 g/mol. The van der Waals surface area contributed by atoms with Crippen molar-refractivity contribution in [2.45, 2.75) is 47.1 Å². The second-order valence-electron chi connectivity index (χ2n) is 5.54. The van der Waals surface area contributed by atoms with Gasteiger partial charge in [0, 0.05) is 13.2 Å². The number of nitrogens with one attached hydrogen (secondary N) is 1. The van der Waals surface area contributed by atoms with Crippen molar-refractivity contribution in [1.82, 2.24) is 5.32 Å². The first kappa shape index (κ1) is 16.9. The topological polar surface area (TPSA) is 30.5 Å². The lowest BCUT2D eigenvalue weighted by Gasteiger charge is -2.15. The second kappa shape index (κ2) is 11.0. The molecule has 0 amide bonds. The Kier molecular flexibility index (Phi) is 10.9. The van der Waals surface area contributed by atoms with E-state index in [9.17, 15) is 0 Å². The molecule has 1 N–H and O–H groups in total. The van der Waals surface area contributed by atoms with Crippen LogP contribution in [0.1, 0.15) is 41.0 Å². The molecule has 3 heteroatoms. The minimum Gasteiger partial charge on any atom is -0.379 e. The van der Waals surface area contributed by atoms with Crippen LogP contribution in [0.5, 0.6) is 0 Å². The molecule has 1 unspecified atom stereocenters. The molecule has 0 aliphatic carbocycles. The fraction of sp³-hybridized carbons (Fsp3) is 1.00. The molecule has 0 saturated heterocycles. The maximum Gasteiger partial charge on any atom is 0.0704 e. The van der Waals surface area contributed by atoms with Gasteiger partial charge in [-0.1, -0.05) is 27.7 Å². The van der Waals surface area contributed by atoms with Gasteiger partial charge >= 0.3 is 0 Å². The fourth-order valence-corrected chi connectivity index (χ4v) is 1.38. The first-order valence-electron chi connectivity index (χ1n) is 6.92. The Labute approximate surface area is 107 Å². The van der Waals surface area contributed by atoms with Crippen molar-refractivity contribution in [2.24, 2.45) is 11.8 Å². The van der Waals surface area contributed by atoms with Crippen LogP contribution in [-0.2, 0) is 9.47 Å². The summed E-state index contributed by atoms with van der Waals surface area (Å²) in [5.74, 6) is 1.37. The highest BCUT2D eigenvalue weighted by Crippen LogP contribution is 1.97. The van der Waals surface area contributed by atoms with Crippen LogP contribution in [0.25, 0.3) is 0 Å². The minimum atomic E-state index is 0.268. The van der Waals surface area contributed by atoms with Gasteiger partial charge in [-0.3, -0.25) is 0 Å². The van der Waals surface area contributed by atoms with E-state index in [2.05, 4.69) is 39.9 Å². The lowest BCUT2D eigenvalue weighted by molar-refractivity contribution is 0.00671. The molecule has 0 spiro atoms. The number of hydrogen-bond acceptors (Lipinski definition) is 3. The van der Waals surface area contributed by atoms with Crippen LogP contribution >= 0.6 is 0 Å². The van der Waals surface area contributed by atoms with E-state index in [1.165, 1.54) is 6.42 Å². The third kappa shape index (κ3) is 13.8. The maximum absolute atomic E-state index is 5.64. The molecule has 0 aromatic rings. The van der Waals surface area contributed by atoms with Gasteiger partial charge in [-0.2, -0.15) is 0 Å². The summed E-state index contributed by atoms with van der Waals surface area (Å²) >= 11 is 0. The van der Waals surface area contributed by atoms with E-state index in [-0.39, 0.29) is 6.10 Å². The summed E-state index contributed by atoms with van der Waals surface area (Å²) < 4.78 is 11.1. The Hall–Kier alpha value is -0.120. The largest absolute Gasteiger partial charge is 0.379 e. The van der Waals surface area contributed by atoms with E-state index in [1.807, 2.05) is 0 Å². The minimum absolute atomic E-state index is 0.268. The van der Waals surface area contributed by atoms with Crippen molar-refractivity contribution >= 4 is 0 Å². The number of hydrogen-bond donors (Lipinski definition) is 1. The van der Waals surface area contributed by atoms with E-state index in [4.69, 9.17) is 9.47 Å². The van der Waals surface area contributed by atoms with Gasteiger partial charge in [0.05, 0.1) is 19.3 Å². The van der Waals surface area contributed by atoms with Gasteiger partial charge in [0.15, 0.2) is 0 Å². The molecule has 0 radical (unpaired) electrons. The van der Waals surface area contributed by atoms with Crippen molar-refractivity contribution < 1.29 is 9.47 Å². The zero-order valence-corrected chi connectivity index (χ0v) is 12.3. The summed E-state index contributed by atoms with van der Waals surface area (Å²) in [6.45, 7) is 15.1. The SMILES string of the molecule is CC(C)CCNCC(C)OCCOCC(C)C. The Morgan fingerprint density at radius 3 is 2.24 bits per heavy atom. The van der Waals surface area contributed by atoms with Gasteiger partial charge in [0.2, 0.25) is 0 Å². The molecule has 1 atom stereocenters. The molecule has 0 rings (SSSR count). The Balaban J connectivity index is 3.20. The Morgan fingerprint density at radius 2 is 1.65 bits per heavy atom. The molecule has 0 aliphatic rings. The second-order valence-corrected chi connectivity index (χ2v) is 5.54. The van der Waals surface area contributed by atoms with Crippen LogP contribution < -0.4 is 5.32 Å². The average Bonchev–Trinajstić information content (AvgIpc) is 2.23. The third-order valence-corrected chi connectivity index (χ3v) is 2.41. The predicted molar refractivity (Wildman–Crippen MR) is 73.4 cm³/mol. The first-order valence-corrected chi connectivity index (χ1v) is 6.92. The van der Waals surface area contributed by atoms with Crippen molar-refractivity contribution in [3.63, 3.8) is 0 Å². The predicted octanol–water partition coefficient (Wildman–Crippen LogP) is 2.70. The molecule has 104 valence electrons. The normalized spacial score (nSPS) is 13.6. The van der Waals surface area contributed by atoms with Crippen molar-refractivity contribution in [3.05, 3.63) is 0 Å². The lowest BCUT2D eigenvalue weighted by Crippen LogP contribution is -2.29. The molecular weight excluding hydrogens is 214 g/mol. The van der Waals surface area contributed by atoms with Crippen LogP contribution in [0, 0.1) is 11.8 Å². The smallest absolute Gasteiger partial charge is 0.0704 e. The van der Waals surface area contributed by atoms with E-state index in [0.29, 0.717) is 19.1 Å². The van der Waals surface area contributed by atoms with Crippen LogP contribution in [0.3, 0.4) is 0 Å². The molecule has 3 nitrogen and oxygen atoms in total. The van der Waals surface area contributed by atoms with Crippen molar-refractivity contribution in [1.29, 1.82) is 0 Å².